The van der Waals surface area contributed by atoms with Gasteiger partial charge in [0.2, 0.25) is 0 Å². The predicted octanol–water partition coefficient (Wildman–Crippen LogP) is 2.88. The van der Waals surface area contributed by atoms with E-state index in [2.05, 4.69) is 26.2 Å². The van der Waals surface area contributed by atoms with Crippen LogP contribution in [0.5, 0.6) is 0 Å². The van der Waals surface area contributed by atoms with Gasteiger partial charge in [-0.05, 0) is 40.2 Å². The summed E-state index contributed by atoms with van der Waals surface area (Å²) in [4.78, 5) is 12.2. The van der Waals surface area contributed by atoms with Gasteiger partial charge in [0.05, 0.1) is 16.4 Å². The second-order valence-corrected chi connectivity index (χ2v) is 5.25. The molecule has 0 bridgehead atoms. The SMILES string of the molecule is O=c1c2ccccc2nnn1Cc1c(F)ccc(Br)c1F. The Hall–Kier alpha value is -2.15. The summed E-state index contributed by atoms with van der Waals surface area (Å²) in [7, 11) is 0. The quantitative estimate of drug-likeness (QED) is 0.667. The van der Waals surface area contributed by atoms with E-state index in [4.69, 9.17) is 0 Å². The Balaban J connectivity index is 2.13. The molecule has 1 aromatic heterocycles. The van der Waals surface area contributed by atoms with E-state index in [0.717, 1.165) is 10.7 Å². The largest absolute Gasteiger partial charge is 0.277 e. The van der Waals surface area contributed by atoms with E-state index < -0.39 is 17.2 Å². The summed E-state index contributed by atoms with van der Waals surface area (Å²) in [5.41, 5.74) is -0.246. The Morgan fingerprint density at radius 1 is 1.14 bits per heavy atom. The standard InChI is InChI=1S/C14H8BrF2N3O/c15-10-5-6-11(16)9(13(10)17)7-20-14(21)8-3-1-2-4-12(8)18-19-20/h1-6H,7H2. The lowest BCUT2D eigenvalue weighted by Crippen LogP contribution is -2.25. The molecule has 0 N–H and O–H groups in total. The molecule has 0 fully saturated rings. The van der Waals surface area contributed by atoms with E-state index in [-0.39, 0.29) is 16.6 Å². The van der Waals surface area contributed by atoms with Crippen LogP contribution in [-0.2, 0) is 6.54 Å². The second-order valence-electron chi connectivity index (χ2n) is 4.39. The van der Waals surface area contributed by atoms with Crippen molar-refractivity contribution in [2.75, 3.05) is 0 Å². The highest BCUT2D eigenvalue weighted by Gasteiger charge is 2.15. The Morgan fingerprint density at radius 3 is 2.71 bits per heavy atom. The van der Waals surface area contributed by atoms with Crippen LogP contribution in [0, 0.1) is 11.6 Å². The fourth-order valence-electron chi connectivity index (χ4n) is 1.99. The number of aromatic nitrogens is 3. The van der Waals surface area contributed by atoms with Gasteiger partial charge in [-0.15, -0.1) is 5.10 Å². The molecule has 0 aliphatic carbocycles. The van der Waals surface area contributed by atoms with Gasteiger partial charge < -0.3 is 0 Å². The van der Waals surface area contributed by atoms with Crippen LogP contribution in [0.2, 0.25) is 0 Å². The normalized spacial score (nSPS) is 11.0. The zero-order valence-corrected chi connectivity index (χ0v) is 12.1. The monoisotopic (exact) mass is 351 g/mol. The van der Waals surface area contributed by atoms with Gasteiger partial charge in [-0.2, -0.15) is 0 Å². The van der Waals surface area contributed by atoms with E-state index in [1.807, 2.05) is 0 Å². The van der Waals surface area contributed by atoms with Crippen LogP contribution >= 0.6 is 15.9 Å². The van der Waals surface area contributed by atoms with Gasteiger partial charge in [0.1, 0.15) is 17.2 Å². The molecule has 0 aliphatic heterocycles. The molecule has 21 heavy (non-hydrogen) atoms. The molecule has 3 rings (SSSR count). The van der Waals surface area contributed by atoms with E-state index in [1.165, 1.54) is 6.07 Å². The third-order valence-corrected chi connectivity index (χ3v) is 3.69. The summed E-state index contributed by atoms with van der Waals surface area (Å²) in [5, 5.41) is 7.95. The van der Waals surface area contributed by atoms with Gasteiger partial charge in [0.25, 0.3) is 5.56 Å². The minimum atomic E-state index is -0.753. The zero-order valence-electron chi connectivity index (χ0n) is 10.6. The van der Waals surface area contributed by atoms with Crippen molar-refractivity contribution in [2.45, 2.75) is 6.54 Å². The topological polar surface area (TPSA) is 47.8 Å². The average Bonchev–Trinajstić information content (AvgIpc) is 2.50. The van der Waals surface area contributed by atoms with Gasteiger partial charge in [-0.3, -0.25) is 4.79 Å². The molecule has 0 saturated heterocycles. The molecular formula is C14H8BrF2N3O. The van der Waals surface area contributed by atoms with Crippen molar-refractivity contribution in [1.29, 1.82) is 0 Å². The first kappa shape index (κ1) is 13.8. The van der Waals surface area contributed by atoms with Gasteiger partial charge in [-0.25, -0.2) is 13.5 Å². The molecule has 4 nitrogen and oxygen atoms in total. The molecule has 0 spiro atoms. The molecule has 106 valence electrons. The van der Waals surface area contributed by atoms with Crippen molar-refractivity contribution >= 4 is 26.8 Å². The number of rotatable bonds is 2. The van der Waals surface area contributed by atoms with Crippen LogP contribution < -0.4 is 5.56 Å². The van der Waals surface area contributed by atoms with Crippen LogP contribution in [0.4, 0.5) is 8.78 Å². The highest BCUT2D eigenvalue weighted by atomic mass is 79.9. The molecule has 0 saturated carbocycles. The van der Waals surface area contributed by atoms with E-state index >= 15 is 0 Å². The number of benzene rings is 2. The first-order chi connectivity index (χ1) is 10.1. The maximum absolute atomic E-state index is 13.9. The summed E-state index contributed by atoms with van der Waals surface area (Å²) >= 11 is 2.99. The lowest BCUT2D eigenvalue weighted by molar-refractivity contribution is 0.512. The van der Waals surface area contributed by atoms with Crippen LogP contribution in [0.25, 0.3) is 10.9 Å². The van der Waals surface area contributed by atoms with Gasteiger partial charge in [-0.1, -0.05) is 17.3 Å². The predicted molar refractivity (Wildman–Crippen MR) is 77.0 cm³/mol. The molecule has 3 aromatic rings. The van der Waals surface area contributed by atoms with Crippen LogP contribution in [0.3, 0.4) is 0 Å². The van der Waals surface area contributed by atoms with Crippen molar-refractivity contribution in [1.82, 2.24) is 15.0 Å². The van der Waals surface area contributed by atoms with Crippen LogP contribution in [-0.4, -0.2) is 15.0 Å². The minimum absolute atomic E-state index is 0.126. The number of hydrogen-bond donors (Lipinski definition) is 0. The Morgan fingerprint density at radius 2 is 1.90 bits per heavy atom. The van der Waals surface area contributed by atoms with Crippen molar-refractivity contribution in [2.24, 2.45) is 0 Å². The van der Waals surface area contributed by atoms with E-state index in [1.54, 1.807) is 24.3 Å². The van der Waals surface area contributed by atoms with Crippen LogP contribution in [0.15, 0.2) is 45.7 Å². The molecular weight excluding hydrogens is 344 g/mol. The number of nitrogens with zero attached hydrogens (tertiary/aromatic N) is 3. The molecule has 0 atom stereocenters. The van der Waals surface area contributed by atoms with Crippen LogP contribution in [0.1, 0.15) is 5.56 Å². The Bertz CT molecular complexity index is 895. The van der Waals surface area contributed by atoms with Crippen molar-refractivity contribution in [3.05, 3.63) is 68.4 Å². The first-order valence-electron chi connectivity index (χ1n) is 6.03. The maximum atomic E-state index is 13.9. The molecule has 2 aromatic carbocycles. The minimum Gasteiger partial charge on any atom is -0.267 e. The number of fused-ring (bicyclic) bond motifs is 1. The summed E-state index contributed by atoms with van der Waals surface area (Å²) < 4.78 is 28.7. The van der Waals surface area contributed by atoms with Crippen molar-refractivity contribution < 1.29 is 8.78 Å². The molecule has 0 unspecified atom stereocenters. The molecule has 0 aliphatic rings. The smallest absolute Gasteiger partial charge is 0.267 e. The lowest BCUT2D eigenvalue weighted by atomic mass is 10.2. The fourth-order valence-corrected chi connectivity index (χ4v) is 2.36. The Labute approximate surface area is 126 Å². The fraction of sp³-hybridized carbons (Fsp3) is 0.0714. The molecule has 1 heterocycles. The third kappa shape index (κ3) is 2.44. The zero-order chi connectivity index (χ0) is 15.0. The highest BCUT2D eigenvalue weighted by molar-refractivity contribution is 9.10. The molecule has 0 radical (unpaired) electrons. The number of hydrogen-bond acceptors (Lipinski definition) is 3. The third-order valence-electron chi connectivity index (χ3n) is 3.08. The van der Waals surface area contributed by atoms with E-state index in [9.17, 15) is 13.6 Å². The van der Waals surface area contributed by atoms with Crippen molar-refractivity contribution in [3.63, 3.8) is 0 Å². The number of halogens is 3. The van der Waals surface area contributed by atoms with E-state index in [0.29, 0.717) is 10.9 Å². The summed E-state index contributed by atoms with van der Waals surface area (Å²) in [5.74, 6) is -1.49. The molecule has 7 heteroatoms. The summed E-state index contributed by atoms with van der Waals surface area (Å²) in [6, 6.07) is 9.06. The van der Waals surface area contributed by atoms with Gasteiger partial charge >= 0.3 is 0 Å². The summed E-state index contributed by atoms with van der Waals surface area (Å²) in [6.45, 7) is -0.326. The van der Waals surface area contributed by atoms with Gasteiger partial charge in [0.15, 0.2) is 0 Å². The summed E-state index contributed by atoms with van der Waals surface area (Å²) in [6.07, 6.45) is 0. The maximum Gasteiger partial charge on any atom is 0.277 e. The lowest BCUT2D eigenvalue weighted by Gasteiger charge is -2.08. The van der Waals surface area contributed by atoms with Gasteiger partial charge in [0, 0.05) is 5.56 Å². The second kappa shape index (κ2) is 5.33. The van der Waals surface area contributed by atoms with Crippen molar-refractivity contribution in [3.8, 4) is 0 Å². The highest BCUT2D eigenvalue weighted by Crippen LogP contribution is 2.22. The Kier molecular flexibility index (Phi) is 3.50. The average molecular weight is 352 g/mol. The first-order valence-corrected chi connectivity index (χ1v) is 6.82. The molecule has 0 amide bonds.